The Labute approximate surface area is 195 Å². The Hall–Kier alpha value is -1.15. The molecular weight excluding hydrogens is 432 g/mol. The highest BCUT2D eigenvalue weighted by Crippen LogP contribution is 2.42. The lowest BCUT2D eigenvalue weighted by Gasteiger charge is -2.36. The molecule has 0 aromatic heterocycles. The van der Waals surface area contributed by atoms with E-state index in [-0.39, 0.29) is 18.8 Å². The summed E-state index contributed by atoms with van der Waals surface area (Å²) >= 11 is 0. The average molecular weight is 479 g/mol. The topological polar surface area (TPSA) is 129 Å². The molecule has 7 nitrogen and oxygen atoms in total. The van der Waals surface area contributed by atoms with Crippen LogP contribution in [0.25, 0.3) is 0 Å². The van der Waals surface area contributed by atoms with Crippen molar-refractivity contribution >= 4 is 22.1 Å². The third-order valence-corrected chi connectivity index (χ3v) is 7.87. The van der Waals surface area contributed by atoms with E-state index in [4.69, 9.17) is 0 Å². The maximum Gasteiger partial charge on any atom is 0.325 e. The van der Waals surface area contributed by atoms with E-state index in [1.54, 1.807) is 0 Å². The van der Waals surface area contributed by atoms with Crippen LogP contribution in [0.5, 0.6) is 0 Å². The summed E-state index contributed by atoms with van der Waals surface area (Å²) in [5, 5.41) is 17.3. The van der Waals surface area contributed by atoms with Gasteiger partial charge in [-0.15, -0.1) is 0 Å². The molecule has 0 spiro atoms. The summed E-state index contributed by atoms with van der Waals surface area (Å²) in [6.45, 7) is 6.09. The van der Waals surface area contributed by atoms with Gasteiger partial charge in [0.15, 0.2) is 5.25 Å². The van der Waals surface area contributed by atoms with Crippen molar-refractivity contribution in [2.45, 2.75) is 129 Å². The molecule has 0 amide bonds. The van der Waals surface area contributed by atoms with E-state index >= 15 is 0 Å². The first kappa shape index (κ1) is 30.9. The number of unbranched alkanes of at least 4 members (excludes halogenated alkanes) is 10. The monoisotopic (exact) mass is 478 g/mol. The third kappa shape index (κ3) is 11.1. The summed E-state index contributed by atoms with van der Waals surface area (Å²) in [7, 11) is -5.08. The second-order valence-electron chi connectivity index (χ2n) is 9.25. The highest BCUT2D eigenvalue weighted by Gasteiger charge is 2.56. The molecule has 3 N–H and O–H groups in total. The summed E-state index contributed by atoms with van der Waals surface area (Å²) in [5.74, 6) is -3.36. The van der Waals surface area contributed by atoms with Crippen molar-refractivity contribution in [3.63, 3.8) is 0 Å². The minimum Gasteiger partial charge on any atom is -0.481 e. The molecule has 0 aliphatic carbocycles. The van der Waals surface area contributed by atoms with E-state index in [2.05, 4.69) is 6.92 Å². The van der Waals surface area contributed by atoms with Gasteiger partial charge >= 0.3 is 11.9 Å². The molecule has 0 radical (unpaired) electrons. The Morgan fingerprint density at radius 2 is 1.25 bits per heavy atom. The lowest BCUT2D eigenvalue weighted by Crippen LogP contribution is -2.52. The molecule has 3 unspecified atom stereocenters. The minimum atomic E-state index is -5.08. The molecule has 0 rings (SSSR count). The van der Waals surface area contributed by atoms with Gasteiger partial charge in [-0.3, -0.25) is 14.1 Å². The third-order valence-electron chi connectivity index (χ3n) is 6.62. The quantitative estimate of drug-likeness (QED) is 0.130. The molecule has 0 saturated carbocycles. The van der Waals surface area contributed by atoms with E-state index < -0.39 is 32.7 Å². The van der Waals surface area contributed by atoms with Crippen molar-refractivity contribution in [3.05, 3.63) is 0 Å². The molecule has 0 aliphatic rings. The summed E-state index contributed by atoms with van der Waals surface area (Å²) in [5.41, 5.74) is -2.03. The highest BCUT2D eigenvalue weighted by atomic mass is 32.2. The van der Waals surface area contributed by atoms with Gasteiger partial charge in [-0.25, -0.2) is 0 Å². The fourth-order valence-electron chi connectivity index (χ4n) is 4.68. The Bertz CT molecular complexity index is 632. The summed E-state index contributed by atoms with van der Waals surface area (Å²) < 4.78 is 33.7. The molecule has 3 atom stereocenters. The Morgan fingerprint density at radius 3 is 1.62 bits per heavy atom. The second kappa shape index (κ2) is 16.5. The van der Waals surface area contributed by atoms with Crippen LogP contribution in [0.2, 0.25) is 0 Å². The molecule has 0 bridgehead atoms. The van der Waals surface area contributed by atoms with Crippen molar-refractivity contribution in [3.8, 4) is 0 Å². The summed E-state index contributed by atoms with van der Waals surface area (Å²) in [6, 6.07) is 0. The van der Waals surface area contributed by atoms with Crippen molar-refractivity contribution in [1.82, 2.24) is 0 Å². The van der Waals surface area contributed by atoms with E-state index in [1.807, 2.05) is 13.8 Å². The van der Waals surface area contributed by atoms with Crippen molar-refractivity contribution < 1.29 is 32.8 Å². The van der Waals surface area contributed by atoms with Gasteiger partial charge in [0.25, 0.3) is 10.1 Å². The van der Waals surface area contributed by atoms with Crippen molar-refractivity contribution in [1.29, 1.82) is 0 Å². The number of hydrogen-bond donors (Lipinski definition) is 3. The van der Waals surface area contributed by atoms with E-state index in [1.165, 1.54) is 32.1 Å². The van der Waals surface area contributed by atoms with Gasteiger partial charge < -0.3 is 10.2 Å². The van der Waals surface area contributed by atoms with Gasteiger partial charge in [-0.1, -0.05) is 111 Å². The Kier molecular flexibility index (Phi) is 15.9. The molecular formula is C24H46O7S. The zero-order valence-electron chi connectivity index (χ0n) is 20.4. The van der Waals surface area contributed by atoms with Crippen LogP contribution in [0, 0.1) is 11.3 Å². The number of carboxylic acid groups (broad SMARTS) is 2. The van der Waals surface area contributed by atoms with Crippen LogP contribution in [0.1, 0.15) is 124 Å². The fraction of sp³-hybridized carbons (Fsp3) is 0.917. The van der Waals surface area contributed by atoms with Crippen LogP contribution >= 0.6 is 0 Å². The molecule has 0 aliphatic heterocycles. The first-order valence-electron chi connectivity index (χ1n) is 12.5. The van der Waals surface area contributed by atoms with Gasteiger partial charge in [0.2, 0.25) is 0 Å². The minimum absolute atomic E-state index is 0.0625. The van der Waals surface area contributed by atoms with Crippen LogP contribution in [-0.4, -0.2) is 40.4 Å². The second-order valence-corrected chi connectivity index (χ2v) is 10.7. The summed E-state index contributed by atoms with van der Waals surface area (Å²) in [6.07, 6.45) is 13.3. The summed E-state index contributed by atoms with van der Waals surface area (Å²) in [4.78, 5) is 24.3. The first-order valence-corrected chi connectivity index (χ1v) is 14.0. The van der Waals surface area contributed by atoms with E-state index in [9.17, 15) is 32.8 Å². The normalized spacial score (nSPS) is 15.8. The van der Waals surface area contributed by atoms with Gasteiger partial charge in [-0.2, -0.15) is 8.42 Å². The molecule has 0 aromatic rings. The van der Waals surface area contributed by atoms with Gasteiger partial charge in [0.05, 0.1) is 5.41 Å². The van der Waals surface area contributed by atoms with Gasteiger partial charge in [0.1, 0.15) is 0 Å². The van der Waals surface area contributed by atoms with E-state index in [0.717, 1.165) is 32.1 Å². The molecule has 8 heteroatoms. The number of carbonyl (C=O) groups is 2. The van der Waals surface area contributed by atoms with Crippen LogP contribution in [0.3, 0.4) is 0 Å². The number of hydrogen-bond acceptors (Lipinski definition) is 4. The van der Waals surface area contributed by atoms with Gasteiger partial charge in [-0.05, 0) is 18.8 Å². The molecule has 0 saturated heterocycles. The molecule has 0 heterocycles. The Morgan fingerprint density at radius 1 is 0.781 bits per heavy atom. The first-order chi connectivity index (χ1) is 15.1. The van der Waals surface area contributed by atoms with Crippen molar-refractivity contribution in [2.24, 2.45) is 11.3 Å². The van der Waals surface area contributed by atoms with Crippen LogP contribution < -0.4 is 0 Å². The van der Waals surface area contributed by atoms with Crippen molar-refractivity contribution in [2.75, 3.05) is 0 Å². The van der Waals surface area contributed by atoms with Crippen LogP contribution in [-0.2, 0) is 19.7 Å². The smallest absolute Gasteiger partial charge is 0.325 e. The van der Waals surface area contributed by atoms with Crippen LogP contribution in [0.4, 0.5) is 0 Å². The molecule has 0 aromatic carbocycles. The maximum absolute atomic E-state index is 12.4. The molecule has 0 fully saturated rings. The maximum atomic E-state index is 12.4. The number of aliphatic carboxylic acids is 2. The zero-order chi connectivity index (χ0) is 24.6. The zero-order valence-corrected chi connectivity index (χ0v) is 21.2. The Balaban J connectivity index is 5.28. The number of rotatable bonds is 21. The standard InChI is InChI=1S/C24H46O7S/c1-4-7-9-10-11-12-13-14-15-16-18-24(23(27)28,19-20(6-3)17-8-5-2)21(22(25)26)32(29,30)31/h20-21H,4-19H2,1-3H3,(H,25,26)(H,27,28)(H,29,30,31). The van der Waals surface area contributed by atoms with Gasteiger partial charge in [0, 0.05) is 0 Å². The largest absolute Gasteiger partial charge is 0.481 e. The fourth-order valence-corrected chi connectivity index (χ4v) is 5.82. The number of carboxylic acids is 2. The lowest BCUT2D eigenvalue weighted by atomic mass is 9.71. The van der Waals surface area contributed by atoms with Crippen LogP contribution in [0.15, 0.2) is 0 Å². The SMILES string of the molecule is CCCCCCCCCCCCC(CC(CC)CCCC)(C(=O)O)C(C(=O)O)S(=O)(=O)O. The molecule has 32 heavy (non-hydrogen) atoms. The molecule has 190 valence electrons. The lowest BCUT2D eigenvalue weighted by molar-refractivity contribution is -0.157. The predicted molar refractivity (Wildman–Crippen MR) is 127 cm³/mol. The highest BCUT2D eigenvalue weighted by molar-refractivity contribution is 7.87. The predicted octanol–water partition coefficient (Wildman–Crippen LogP) is 6.32. The average Bonchev–Trinajstić information content (AvgIpc) is 2.70. The van der Waals surface area contributed by atoms with E-state index in [0.29, 0.717) is 25.7 Å².